The molecule has 90 valence electrons. The third-order valence-corrected chi connectivity index (χ3v) is 2.60. The van der Waals surface area contributed by atoms with Crippen molar-refractivity contribution >= 4 is 0 Å². The molecular weight excluding hydrogens is 204 g/mol. The van der Waals surface area contributed by atoms with E-state index in [0.717, 1.165) is 0 Å². The van der Waals surface area contributed by atoms with E-state index >= 15 is 0 Å². The van der Waals surface area contributed by atoms with Crippen molar-refractivity contribution in [2.75, 3.05) is 0 Å². The first-order valence-electron chi connectivity index (χ1n) is 6.38. The van der Waals surface area contributed by atoms with Crippen molar-refractivity contribution in [3.63, 3.8) is 0 Å². The lowest BCUT2D eigenvalue weighted by molar-refractivity contribution is 0.795. The highest BCUT2D eigenvalue weighted by Gasteiger charge is 1.87. The maximum Gasteiger partial charge on any atom is -0.0279 e. The van der Waals surface area contributed by atoms with E-state index in [4.69, 9.17) is 0 Å². The van der Waals surface area contributed by atoms with Gasteiger partial charge in [-0.05, 0) is 25.3 Å². The van der Waals surface area contributed by atoms with Crippen LogP contribution < -0.4 is 0 Å². The molecule has 0 N–H and O–H groups in total. The molecule has 0 heterocycles. The van der Waals surface area contributed by atoms with E-state index < -0.39 is 0 Å². The van der Waals surface area contributed by atoms with Crippen LogP contribution in [0.4, 0.5) is 0 Å². The molecule has 0 aliphatic heterocycles. The second-order valence-corrected chi connectivity index (χ2v) is 4.24. The SMILES string of the molecule is CCCCc1ccccc1.Cc1ccccc1. The molecule has 0 aliphatic carbocycles. The molecule has 0 atom stereocenters. The van der Waals surface area contributed by atoms with Crippen molar-refractivity contribution < 1.29 is 0 Å². The van der Waals surface area contributed by atoms with Crippen LogP contribution in [0.5, 0.6) is 0 Å². The van der Waals surface area contributed by atoms with E-state index in [2.05, 4.69) is 56.3 Å². The minimum Gasteiger partial charge on any atom is -0.0654 e. The summed E-state index contributed by atoms with van der Waals surface area (Å²) < 4.78 is 0. The van der Waals surface area contributed by atoms with Gasteiger partial charge in [-0.15, -0.1) is 0 Å². The molecular formula is C17H22. The van der Waals surface area contributed by atoms with Crippen LogP contribution in [0.25, 0.3) is 0 Å². The second kappa shape index (κ2) is 8.58. The first kappa shape index (κ1) is 13.5. The lowest BCUT2D eigenvalue weighted by Crippen LogP contribution is -1.81. The van der Waals surface area contributed by atoms with Gasteiger partial charge in [0.25, 0.3) is 0 Å². The summed E-state index contributed by atoms with van der Waals surface area (Å²) >= 11 is 0. The molecule has 2 rings (SSSR count). The Labute approximate surface area is 105 Å². The van der Waals surface area contributed by atoms with Gasteiger partial charge in [-0.1, -0.05) is 79.6 Å². The highest BCUT2D eigenvalue weighted by atomic mass is 13.9. The summed E-state index contributed by atoms with van der Waals surface area (Å²) in [5.74, 6) is 0. The Bertz CT molecular complexity index is 375. The summed E-state index contributed by atoms with van der Waals surface area (Å²) in [6.45, 7) is 4.31. The molecule has 0 radical (unpaired) electrons. The number of hydrogen-bond donors (Lipinski definition) is 0. The predicted molar refractivity (Wildman–Crippen MR) is 76.2 cm³/mol. The van der Waals surface area contributed by atoms with Gasteiger partial charge < -0.3 is 0 Å². The fraction of sp³-hybridized carbons (Fsp3) is 0.294. The molecule has 0 aromatic heterocycles. The highest BCUT2D eigenvalue weighted by molar-refractivity contribution is 5.14. The van der Waals surface area contributed by atoms with Gasteiger partial charge in [0.05, 0.1) is 0 Å². The van der Waals surface area contributed by atoms with E-state index in [1.54, 1.807) is 0 Å². The average molecular weight is 226 g/mol. The monoisotopic (exact) mass is 226 g/mol. The summed E-state index contributed by atoms with van der Waals surface area (Å²) in [5, 5.41) is 0. The fourth-order valence-corrected chi connectivity index (χ4v) is 1.56. The quantitative estimate of drug-likeness (QED) is 0.689. The zero-order valence-electron chi connectivity index (χ0n) is 10.9. The van der Waals surface area contributed by atoms with Crippen molar-refractivity contribution in [3.8, 4) is 0 Å². The molecule has 0 heteroatoms. The summed E-state index contributed by atoms with van der Waals surface area (Å²) in [6.07, 6.45) is 3.83. The average Bonchev–Trinajstić information content (AvgIpc) is 2.39. The Balaban J connectivity index is 0.000000181. The molecule has 0 bridgehead atoms. The van der Waals surface area contributed by atoms with Crippen LogP contribution in [0.2, 0.25) is 0 Å². The molecule has 0 saturated carbocycles. The lowest BCUT2D eigenvalue weighted by atomic mass is 10.1. The van der Waals surface area contributed by atoms with Crippen LogP contribution >= 0.6 is 0 Å². The van der Waals surface area contributed by atoms with Crippen LogP contribution in [-0.2, 0) is 6.42 Å². The van der Waals surface area contributed by atoms with Gasteiger partial charge in [0.2, 0.25) is 0 Å². The second-order valence-electron chi connectivity index (χ2n) is 4.24. The van der Waals surface area contributed by atoms with Crippen molar-refractivity contribution in [1.29, 1.82) is 0 Å². The van der Waals surface area contributed by atoms with E-state index in [1.807, 2.05) is 18.2 Å². The van der Waals surface area contributed by atoms with Crippen LogP contribution in [0.3, 0.4) is 0 Å². The first-order valence-corrected chi connectivity index (χ1v) is 6.38. The molecule has 0 amide bonds. The molecule has 0 nitrogen and oxygen atoms in total. The summed E-state index contributed by atoms with van der Waals surface area (Å²) in [6, 6.07) is 20.9. The molecule has 17 heavy (non-hydrogen) atoms. The topological polar surface area (TPSA) is 0 Å². The Kier molecular flexibility index (Phi) is 6.81. The zero-order chi connectivity index (χ0) is 12.3. The van der Waals surface area contributed by atoms with Gasteiger partial charge in [0, 0.05) is 0 Å². The maximum absolute atomic E-state index is 2.23. The zero-order valence-corrected chi connectivity index (χ0v) is 10.9. The Morgan fingerprint density at radius 2 is 1.29 bits per heavy atom. The standard InChI is InChI=1S/C10H14.C7H8/c1-2-3-7-10-8-5-4-6-9-10;1-7-5-3-2-4-6-7/h4-6,8-9H,2-3,7H2,1H3;2-6H,1H3. The number of hydrogen-bond acceptors (Lipinski definition) is 0. The minimum atomic E-state index is 1.23. The van der Waals surface area contributed by atoms with Gasteiger partial charge in [-0.3, -0.25) is 0 Å². The third kappa shape index (κ3) is 6.57. The number of aryl methyl sites for hydroxylation is 2. The van der Waals surface area contributed by atoms with Crippen molar-refractivity contribution in [1.82, 2.24) is 0 Å². The molecule has 0 fully saturated rings. The van der Waals surface area contributed by atoms with Gasteiger partial charge in [0.15, 0.2) is 0 Å². The molecule has 2 aromatic rings. The van der Waals surface area contributed by atoms with Crippen LogP contribution in [0, 0.1) is 6.92 Å². The fourth-order valence-electron chi connectivity index (χ4n) is 1.56. The normalized spacial score (nSPS) is 9.29. The molecule has 0 saturated heterocycles. The van der Waals surface area contributed by atoms with Gasteiger partial charge in [-0.2, -0.15) is 0 Å². The largest absolute Gasteiger partial charge is 0.0654 e. The molecule has 0 unspecified atom stereocenters. The number of unbranched alkanes of at least 4 members (excludes halogenated alkanes) is 1. The maximum atomic E-state index is 2.23. The van der Waals surface area contributed by atoms with E-state index in [-0.39, 0.29) is 0 Å². The van der Waals surface area contributed by atoms with Crippen molar-refractivity contribution in [2.24, 2.45) is 0 Å². The van der Waals surface area contributed by atoms with Crippen molar-refractivity contribution in [2.45, 2.75) is 33.1 Å². The first-order chi connectivity index (χ1) is 8.33. The minimum absolute atomic E-state index is 1.23. The van der Waals surface area contributed by atoms with Crippen molar-refractivity contribution in [3.05, 3.63) is 71.8 Å². The van der Waals surface area contributed by atoms with E-state index in [0.29, 0.717) is 0 Å². The van der Waals surface area contributed by atoms with Gasteiger partial charge in [0.1, 0.15) is 0 Å². The predicted octanol–water partition coefficient (Wildman–Crippen LogP) is 5.02. The highest BCUT2D eigenvalue weighted by Crippen LogP contribution is 2.03. The molecule has 0 aliphatic rings. The Hall–Kier alpha value is -1.56. The van der Waals surface area contributed by atoms with Gasteiger partial charge in [-0.25, -0.2) is 0 Å². The third-order valence-electron chi connectivity index (χ3n) is 2.60. The summed E-state index contributed by atoms with van der Waals surface area (Å²) in [7, 11) is 0. The van der Waals surface area contributed by atoms with Crippen LogP contribution in [-0.4, -0.2) is 0 Å². The van der Waals surface area contributed by atoms with Crippen LogP contribution in [0.1, 0.15) is 30.9 Å². The number of rotatable bonds is 3. The van der Waals surface area contributed by atoms with E-state index in [9.17, 15) is 0 Å². The Morgan fingerprint density at radius 3 is 1.71 bits per heavy atom. The van der Waals surface area contributed by atoms with E-state index in [1.165, 1.54) is 30.4 Å². The van der Waals surface area contributed by atoms with Crippen LogP contribution in [0.15, 0.2) is 60.7 Å². The lowest BCUT2D eigenvalue weighted by Gasteiger charge is -1.96. The number of benzene rings is 2. The summed E-state index contributed by atoms with van der Waals surface area (Å²) in [5.41, 5.74) is 2.78. The summed E-state index contributed by atoms with van der Waals surface area (Å²) in [4.78, 5) is 0. The smallest absolute Gasteiger partial charge is 0.0279 e. The molecule has 2 aromatic carbocycles. The Morgan fingerprint density at radius 1 is 0.765 bits per heavy atom. The molecule has 0 spiro atoms. The van der Waals surface area contributed by atoms with Gasteiger partial charge >= 0.3 is 0 Å².